The van der Waals surface area contributed by atoms with E-state index in [1.54, 1.807) is 4.68 Å². The first-order chi connectivity index (χ1) is 11.2. The van der Waals surface area contributed by atoms with Gasteiger partial charge >= 0.3 is 6.03 Å². The molecular formula is C16H28N6O. The van der Waals surface area contributed by atoms with Gasteiger partial charge in [-0.3, -0.25) is 10.00 Å². The molecule has 0 spiro atoms. The Morgan fingerprint density at radius 3 is 2.65 bits per heavy atom. The molecule has 0 aromatic carbocycles. The van der Waals surface area contributed by atoms with Gasteiger partial charge in [0, 0.05) is 32.6 Å². The van der Waals surface area contributed by atoms with Crippen molar-refractivity contribution in [1.29, 1.82) is 0 Å². The molecule has 7 heteroatoms. The molecule has 23 heavy (non-hydrogen) atoms. The molecule has 3 rings (SSSR count). The van der Waals surface area contributed by atoms with Crippen LogP contribution in [0, 0.1) is 0 Å². The van der Waals surface area contributed by atoms with Crippen LogP contribution in [0.2, 0.25) is 0 Å². The number of carbonyl (C=O) groups is 1. The monoisotopic (exact) mass is 320 g/mol. The van der Waals surface area contributed by atoms with E-state index < -0.39 is 0 Å². The molecule has 2 aliphatic rings. The van der Waals surface area contributed by atoms with Crippen molar-refractivity contribution >= 4 is 12.0 Å². The maximum absolute atomic E-state index is 12.7. The summed E-state index contributed by atoms with van der Waals surface area (Å²) in [7, 11) is 1.86. The summed E-state index contributed by atoms with van der Waals surface area (Å²) in [6.45, 7) is 6.22. The van der Waals surface area contributed by atoms with E-state index in [9.17, 15) is 4.79 Å². The second-order valence-electron chi connectivity index (χ2n) is 6.61. The van der Waals surface area contributed by atoms with Gasteiger partial charge in [0.25, 0.3) is 0 Å². The Morgan fingerprint density at radius 2 is 1.96 bits per heavy atom. The Bertz CT molecular complexity index is 537. The average molecular weight is 320 g/mol. The molecule has 7 nitrogen and oxygen atoms in total. The molecule has 3 heterocycles. The first kappa shape index (κ1) is 16.2. The number of hydrogen-bond acceptors (Lipinski definition) is 4. The summed E-state index contributed by atoms with van der Waals surface area (Å²) >= 11 is 0. The fourth-order valence-corrected chi connectivity index (χ4v) is 3.67. The number of amides is 2. The van der Waals surface area contributed by atoms with Crippen molar-refractivity contribution in [3.8, 4) is 0 Å². The molecule has 2 aliphatic heterocycles. The highest BCUT2D eigenvalue weighted by atomic mass is 16.2. The largest absolute Gasteiger partial charge is 0.324 e. The zero-order valence-corrected chi connectivity index (χ0v) is 14.3. The van der Waals surface area contributed by atoms with Crippen molar-refractivity contribution in [2.75, 3.05) is 31.5 Å². The molecule has 0 radical (unpaired) electrons. The Morgan fingerprint density at radius 1 is 1.22 bits per heavy atom. The van der Waals surface area contributed by atoms with Crippen molar-refractivity contribution in [2.45, 2.75) is 51.5 Å². The van der Waals surface area contributed by atoms with Gasteiger partial charge in [-0.15, -0.1) is 5.10 Å². The molecule has 0 aliphatic carbocycles. The van der Waals surface area contributed by atoms with Crippen LogP contribution in [0.25, 0.3) is 0 Å². The summed E-state index contributed by atoms with van der Waals surface area (Å²) in [5.41, 5.74) is 0. The van der Waals surface area contributed by atoms with Crippen molar-refractivity contribution in [3.05, 3.63) is 5.82 Å². The number of aryl methyl sites for hydroxylation is 2. The van der Waals surface area contributed by atoms with Crippen LogP contribution in [0.3, 0.4) is 0 Å². The lowest BCUT2D eigenvalue weighted by Gasteiger charge is -2.37. The Labute approximate surface area is 138 Å². The van der Waals surface area contributed by atoms with Gasteiger partial charge in [-0.2, -0.15) is 4.98 Å². The predicted octanol–water partition coefficient (Wildman–Crippen LogP) is 1.86. The topological polar surface area (TPSA) is 66.3 Å². The number of likely N-dealkylation sites (tertiary alicyclic amines) is 2. The first-order valence-electron chi connectivity index (χ1n) is 8.87. The van der Waals surface area contributed by atoms with Crippen LogP contribution in [-0.2, 0) is 13.5 Å². The summed E-state index contributed by atoms with van der Waals surface area (Å²) in [5.74, 6) is 1.30. The molecule has 2 amide bonds. The highest BCUT2D eigenvalue weighted by molar-refractivity contribution is 5.87. The molecule has 2 saturated heterocycles. The predicted molar refractivity (Wildman–Crippen MR) is 89.4 cm³/mol. The zero-order chi connectivity index (χ0) is 16.2. The minimum atomic E-state index is -0.0536. The number of piperidine rings is 1. The third-order valence-electron chi connectivity index (χ3n) is 4.94. The van der Waals surface area contributed by atoms with Gasteiger partial charge in [0.2, 0.25) is 5.95 Å². The number of nitrogens with one attached hydrogen (secondary N) is 1. The standard InChI is InChI=1S/C16H28N6O/c1-3-14-17-15(19-20(14)2)18-16(23)22-11-5-4-8-13(22)12-21-9-6-7-10-21/h13H,3-12H2,1-2H3,(H,18,19,23). The molecular weight excluding hydrogens is 292 g/mol. The number of hydrogen-bond donors (Lipinski definition) is 1. The first-order valence-corrected chi connectivity index (χ1v) is 8.87. The van der Waals surface area contributed by atoms with Crippen LogP contribution in [0.4, 0.5) is 10.7 Å². The van der Waals surface area contributed by atoms with Gasteiger partial charge in [0.1, 0.15) is 5.82 Å². The molecule has 0 saturated carbocycles. The van der Waals surface area contributed by atoms with E-state index in [4.69, 9.17) is 0 Å². The number of nitrogens with zero attached hydrogens (tertiary/aromatic N) is 5. The summed E-state index contributed by atoms with van der Waals surface area (Å²) in [6.07, 6.45) is 6.78. The van der Waals surface area contributed by atoms with Crippen LogP contribution in [0.1, 0.15) is 44.9 Å². The smallest absolute Gasteiger partial charge is 0.320 e. The molecule has 1 atom stereocenters. The molecule has 1 aromatic rings. The van der Waals surface area contributed by atoms with Crippen LogP contribution < -0.4 is 5.32 Å². The van der Waals surface area contributed by atoms with Crippen LogP contribution in [0.5, 0.6) is 0 Å². The van der Waals surface area contributed by atoms with E-state index >= 15 is 0 Å². The lowest BCUT2D eigenvalue weighted by Crippen LogP contribution is -2.50. The number of rotatable bonds is 4. The van der Waals surface area contributed by atoms with Gasteiger partial charge in [0.15, 0.2) is 0 Å². The SMILES string of the molecule is CCc1nc(NC(=O)N2CCCCC2CN2CCCC2)nn1C. The Hall–Kier alpha value is -1.63. The minimum absolute atomic E-state index is 0.0536. The third kappa shape index (κ3) is 3.83. The van der Waals surface area contributed by atoms with Crippen molar-refractivity contribution in [2.24, 2.45) is 7.05 Å². The van der Waals surface area contributed by atoms with Crippen LogP contribution >= 0.6 is 0 Å². The number of carbonyl (C=O) groups excluding carboxylic acids is 1. The molecule has 2 fully saturated rings. The number of anilines is 1. The molecule has 0 bridgehead atoms. The molecule has 1 unspecified atom stereocenters. The quantitative estimate of drug-likeness (QED) is 0.919. The number of aromatic nitrogens is 3. The fraction of sp³-hybridized carbons (Fsp3) is 0.812. The molecule has 1 N–H and O–H groups in total. The lowest BCUT2D eigenvalue weighted by molar-refractivity contribution is 0.136. The summed E-state index contributed by atoms with van der Waals surface area (Å²) < 4.78 is 1.73. The van der Waals surface area contributed by atoms with E-state index in [-0.39, 0.29) is 6.03 Å². The third-order valence-corrected chi connectivity index (χ3v) is 4.94. The van der Waals surface area contributed by atoms with Crippen molar-refractivity contribution in [3.63, 3.8) is 0 Å². The normalized spacial score (nSPS) is 22.5. The second-order valence-corrected chi connectivity index (χ2v) is 6.61. The van der Waals surface area contributed by atoms with E-state index in [1.165, 1.54) is 32.4 Å². The minimum Gasteiger partial charge on any atom is -0.320 e. The average Bonchev–Trinajstić information content (AvgIpc) is 3.17. The van der Waals surface area contributed by atoms with E-state index in [0.29, 0.717) is 12.0 Å². The van der Waals surface area contributed by atoms with Crippen molar-refractivity contribution < 1.29 is 4.79 Å². The summed E-state index contributed by atoms with van der Waals surface area (Å²) in [6, 6.07) is 0.262. The lowest BCUT2D eigenvalue weighted by atomic mass is 10.0. The van der Waals surface area contributed by atoms with E-state index in [0.717, 1.165) is 38.2 Å². The highest BCUT2D eigenvalue weighted by Gasteiger charge is 2.29. The second kappa shape index (κ2) is 7.29. The van der Waals surface area contributed by atoms with Crippen LogP contribution in [-0.4, -0.2) is 62.8 Å². The van der Waals surface area contributed by atoms with Gasteiger partial charge in [-0.05, 0) is 45.2 Å². The maximum Gasteiger partial charge on any atom is 0.324 e. The van der Waals surface area contributed by atoms with Gasteiger partial charge < -0.3 is 9.80 Å². The molecule has 128 valence electrons. The van der Waals surface area contributed by atoms with Gasteiger partial charge in [-0.1, -0.05) is 6.92 Å². The summed E-state index contributed by atoms with van der Waals surface area (Å²) in [4.78, 5) is 21.5. The Kier molecular flexibility index (Phi) is 5.15. The Balaban J connectivity index is 1.62. The highest BCUT2D eigenvalue weighted by Crippen LogP contribution is 2.21. The van der Waals surface area contributed by atoms with Crippen molar-refractivity contribution in [1.82, 2.24) is 24.6 Å². The zero-order valence-electron chi connectivity index (χ0n) is 14.3. The van der Waals surface area contributed by atoms with Gasteiger partial charge in [0.05, 0.1) is 0 Å². The summed E-state index contributed by atoms with van der Waals surface area (Å²) in [5, 5.41) is 7.17. The van der Waals surface area contributed by atoms with Gasteiger partial charge in [-0.25, -0.2) is 4.79 Å². The number of urea groups is 1. The van der Waals surface area contributed by atoms with E-state index in [1.807, 2.05) is 18.9 Å². The fourth-order valence-electron chi connectivity index (χ4n) is 3.67. The van der Waals surface area contributed by atoms with E-state index in [2.05, 4.69) is 20.3 Å². The maximum atomic E-state index is 12.7. The molecule has 1 aromatic heterocycles. The van der Waals surface area contributed by atoms with Crippen LogP contribution in [0.15, 0.2) is 0 Å².